The van der Waals surface area contributed by atoms with Crippen LogP contribution in [0.2, 0.25) is 5.02 Å². The number of nitriles is 1. The number of carbonyl (C=O) groups excluding carboxylic acids is 2. The summed E-state index contributed by atoms with van der Waals surface area (Å²) < 4.78 is 6.45. The summed E-state index contributed by atoms with van der Waals surface area (Å²) in [5.74, 6) is -0.924. The third-order valence-corrected chi connectivity index (χ3v) is 4.37. The molecule has 1 heterocycles. The van der Waals surface area contributed by atoms with E-state index in [0.29, 0.717) is 16.3 Å². The van der Waals surface area contributed by atoms with Gasteiger partial charge in [0.25, 0.3) is 5.91 Å². The van der Waals surface area contributed by atoms with E-state index >= 15 is 0 Å². The molecule has 0 saturated carbocycles. The molecule has 0 unspecified atom stereocenters. The maximum absolute atomic E-state index is 12.5. The number of amides is 1. The van der Waals surface area contributed by atoms with Gasteiger partial charge < -0.3 is 14.6 Å². The predicted octanol–water partition coefficient (Wildman–Crippen LogP) is 4.01. The lowest BCUT2D eigenvalue weighted by molar-refractivity contribution is -0.141. The van der Waals surface area contributed by atoms with Crippen molar-refractivity contribution in [3.8, 4) is 6.07 Å². The summed E-state index contributed by atoms with van der Waals surface area (Å²) in [5, 5.41) is 13.5. The first kappa shape index (κ1) is 19.2. The summed E-state index contributed by atoms with van der Waals surface area (Å²) in [5.41, 5.74) is 1.93. The molecule has 0 spiro atoms. The van der Waals surface area contributed by atoms with Crippen molar-refractivity contribution in [2.24, 2.45) is 0 Å². The normalized spacial score (nSPS) is 11.1. The van der Waals surface area contributed by atoms with E-state index in [9.17, 15) is 14.9 Å². The van der Waals surface area contributed by atoms with E-state index in [1.165, 1.54) is 13.2 Å². The fraction of sp³-hybridized carbons (Fsp3) is 0.0952. The summed E-state index contributed by atoms with van der Waals surface area (Å²) in [6, 6.07) is 15.9. The Morgan fingerprint density at radius 3 is 2.61 bits per heavy atom. The first-order valence-electron chi connectivity index (χ1n) is 8.35. The largest absolute Gasteiger partial charge is 0.468 e. The Morgan fingerprint density at radius 2 is 1.93 bits per heavy atom. The molecule has 1 aromatic heterocycles. The molecule has 0 radical (unpaired) electrons. The third-order valence-electron chi connectivity index (χ3n) is 4.11. The van der Waals surface area contributed by atoms with Crippen molar-refractivity contribution in [3.63, 3.8) is 0 Å². The molecule has 1 amide bonds. The average molecular weight is 394 g/mol. The Bertz CT molecular complexity index is 1110. The minimum atomic E-state index is -0.533. The highest BCUT2D eigenvalue weighted by Crippen LogP contribution is 2.24. The van der Waals surface area contributed by atoms with Gasteiger partial charge in [-0.3, -0.25) is 9.59 Å². The molecule has 0 aliphatic heterocycles. The number of esters is 1. The molecule has 3 rings (SSSR count). The van der Waals surface area contributed by atoms with Crippen molar-refractivity contribution in [3.05, 3.63) is 70.9 Å². The van der Waals surface area contributed by atoms with Crippen molar-refractivity contribution in [2.45, 2.75) is 6.54 Å². The Kier molecular flexibility index (Phi) is 5.78. The predicted molar refractivity (Wildman–Crippen MR) is 108 cm³/mol. The Balaban J connectivity index is 1.94. The number of rotatable bonds is 5. The van der Waals surface area contributed by atoms with Crippen LogP contribution in [0, 0.1) is 11.3 Å². The van der Waals surface area contributed by atoms with Crippen molar-refractivity contribution in [1.29, 1.82) is 5.26 Å². The minimum Gasteiger partial charge on any atom is -0.468 e. The number of nitrogens with zero attached hydrogens (tertiary/aromatic N) is 2. The fourth-order valence-corrected chi connectivity index (χ4v) is 2.89. The van der Waals surface area contributed by atoms with Gasteiger partial charge in [0.05, 0.1) is 7.11 Å². The molecule has 0 aliphatic rings. The number of hydrogen-bond donors (Lipinski definition) is 1. The zero-order valence-corrected chi connectivity index (χ0v) is 15.7. The van der Waals surface area contributed by atoms with Crippen LogP contribution in [0.25, 0.3) is 17.0 Å². The standard InChI is InChI=1S/C21H16ClN3O3/c1-28-20(26)13-25-12-15(18-4-2-3-5-19(18)25)10-14(11-23)21(27)24-17-8-6-16(22)7-9-17/h2-10,12H,13H2,1H3,(H,24,27)/b14-10-. The van der Waals surface area contributed by atoms with E-state index in [-0.39, 0.29) is 12.1 Å². The number of para-hydroxylation sites is 1. The van der Waals surface area contributed by atoms with Gasteiger partial charge in [-0.05, 0) is 36.4 Å². The van der Waals surface area contributed by atoms with Crippen LogP contribution in [0.4, 0.5) is 5.69 Å². The van der Waals surface area contributed by atoms with Gasteiger partial charge in [0.1, 0.15) is 18.2 Å². The molecule has 28 heavy (non-hydrogen) atoms. The highest BCUT2D eigenvalue weighted by molar-refractivity contribution is 6.30. The number of aromatic nitrogens is 1. The number of benzene rings is 2. The van der Waals surface area contributed by atoms with Gasteiger partial charge in [0, 0.05) is 33.4 Å². The lowest BCUT2D eigenvalue weighted by Gasteiger charge is -2.04. The number of carbonyl (C=O) groups is 2. The molecule has 1 N–H and O–H groups in total. The molecule has 2 aromatic carbocycles. The number of anilines is 1. The molecular weight excluding hydrogens is 378 g/mol. The van der Waals surface area contributed by atoms with Gasteiger partial charge in [0.2, 0.25) is 0 Å². The molecule has 0 bridgehead atoms. The first-order valence-corrected chi connectivity index (χ1v) is 8.73. The molecule has 6 nitrogen and oxygen atoms in total. The molecule has 140 valence electrons. The number of fused-ring (bicyclic) bond motifs is 1. The molecule has 0 aliphatic carbocycles. The summed E-state index contributed by atoms with van der Waals surface area (Å²) >= 11 is 5.84. The smallest absolute Gasteiger partial charge is 0.325 e. The van der Waals surface area contributed by atoms with Gasteiger partial charge >= 0.3 is 5.97 Å². The number of hydrogen-bond acceptors (Lipinski definition) is 4. The van der Waals surface area contributed by atoms with Crippen LogP contribution in [-0.4, -0.2) is 23.6 Å². The summed E-state index contributed by atoms with van der Waals surface area (Å²) in [6.45, 7) is 0.0315. The van der Waals surface area contributed by atoms with E-state index in [1.54, 1.807) is 35.0 Å². The van der Waals surface area contributed by atoms with Crippen LogP contribution in [0.3, 0.4) is 0 Å². The van der Waals surface area contributed by atoms with Gasteiger partial charge in [-0.2, -0.15) is 5.26 Å². The number of nitrogens with one attached hydrogen (secondary N) is 1. The van der Waals surface area contributed by atoms with E-state index < -0.39 is 11.9 Å². The molecule has 0 fully saturated rings. The maximum atomic E-state index is 12.5. The maximum Gasteiger partial charge on any atom is 0.325 e. The zero-order chi connectivity index (χ0) is 20.1. The van der Waals surface area contributed by atoms with Crippen molar-refractivity contribution in [1.82, 2.24) is 4.57 Å². The molecular formula is C21H16ClN3O3. The summed E-state index contributed by atoms with van der Waals surface area (Å²) in [7, 11) is 1.32. The number of halogens is 1. The summed E-state index contributed by atoms with van der Waals surface area (Å²) in [6.07, 6.45) is 3.22. The molecule has 0 saturated heterocycles. The lowest BCUT2D eigenvalue weighted by Crippen LogP contribution is -2.13. The quantitative estimate of drug-likeness (QED) is 0.403. The Labute approximate surface area is 166 Å². The summed E-state index contributed by atoms with van der Waals surface area (Å²) in [4.78, 5) is 24.1. The van der Waals surface area contributed by atoms with E-state index in [2.05, 4.69) is 5.32 Å². The van der Waals surface area contributed by atoms with E-state index in [4.69, 9.17) is 16.3 Å². The van der Waals surface area contributed by atoms with Crippen LogP contribution in [-0.2, 0) is 20.9 Å². The Hall–Kier alpha value is -3.56. The second kappa shape index (κ2) is 8.42. The third kappa shape index (κ3) is 4.22. The van der Waals surface area contributed by atoms with E-state index in [0.717, 1.165) is 10.9 Å². The van der Waals surface area contributed by atoms with Crippen molar-refractivity contribution in [2.75, 3.05) is 12.4 Å². The van der Waals surface area contributed by atoms with Crippen LogP contribution in [0.1, 0.15) is 5.56 Å². The van der Waals surface area contributed by atoms with Crippen LogP contribution in [0.15, 0.2) is 60.3 Å². The minimum absolute atomic E-state index is 0.0315. The van der Waals surface area contributed by atoms with Crippen LogP contribution < -0.4 is 5.32 Å². The number of ether oxygens (including phenoxy) is 1. The molecule has 3 aromatic rings. The second-order valence-electron chi connectivity index (χ2n) is 5.94. The second-order valence-corrected chi connectivity index (χ2v) is 6.37. The first-order chi connectivity index (χ1) is 13.5. The molecule has 0 atom stereocenters. The topological polar surface area (TPSA) is 84.1 Å². The van der Waals surface area contributed by atoms with Gasteiger partial charge in [-0.15, -0.1) is 0 Å². The fourth-order valence-electron chi connectivity index (χ4n) is 2.76. The monoisotopic (exact) mass is 393 g/mol. The van der Waals surface area contributed by atoms with Gasteiger partial charge in [-0.25, -0.2) is 0 Å². The van der Waals surface area contributed by atoms with Gasteiger partial charge in [-0.1, -0.05) is 29.8 Å². The van der Waals surface area contributed by atoms with Crippen LogP contribution >= 0.6 is 11.6 Å². The number of methoxy groups -OCH3 is 1. The molecule has 7 heteroatoms. The zero-order valence-electron chi connectivity index (χ0n) is 15.0. The highest BCUT2D eigenvalue weighted by Gasteiger charge is 2.14. The average Bonchev–Trinajstić information content (AvgIpc) is 3.05. The van der Waals surface area contributed by atoms with Crippen LogP contribution in [0.5, 0.6) is 0 Å². The highest BCUT2D eigenvalue weighted by atomic mass is 35.5. The van der Waals surface area contributed by atoms with Crippen molar-refractivity contribution >= 4 is 46.1 Å². The Morgan fingerprint density at radius 1 is 1.21 bits per heavy atom. The van der Waals surface area contributed by atoms with Crippen molar-refractivity contribution < 1.29 is 14.3 Å². The van der Waals surface area contributed by atoms with Gasteiger partial charge in [0.15, 0.2) is 0 Å². The van der Waals surface area contributed by atoms with E-state index in [1.807, 2.05) is 30.3 Å². The SMILES string of the molecule is COC(=O)Cn1cc(/C=C(/C#N)C(=O)Nc2ccc(Cl)cc2)c2ccccc21. The lowest BCUT2D eigenvalue weighted by atomic mass is 10.1.